The van der Waals surface area contributed by atoms with Crippen molar-refractivity contribution >= 4 is 5.91 Å². The lowest BCUT2D eigenvalue weighted by Gasteiger charge is -2.38. The fraction of sp³-hybridized carbons (Fsp3) is 0.708. The van der Waals surface area contributed by atoms with Gasteiger partial charge in [-0.15, -0.1) is 0 Å². The van der Waals surface area contributed by atoms with Gasteiger partial charge in [0.2, 0.25) is 5.91 Å². The molecule has 0 aromatic heterocycles. The Morgan fingerprint density at radius 3 is 2.38 bits per heavy atom. The molecule has 4 rings (SSSR count). The summed E-state index contributed by atoms with van der Waals surface area (Å²) in [6, 6.07) is 10.7. The van der Waals surface area contributed by atoms with E-state index in [9.17, 15) is 15.0 Å². The molecular weight excluding hydrogens is 364 g/mol. The Balaban J connectivity index is 1.47. The number of carbonyl (C=O) groups is 1. The summed E-state index contributed by atoms with van der Waals surface area (Å²) in [5.41, 5.74) is 1.15. The highest BCUT2D eigenvalue weighted by atomic mass is 16.3. The van der Waals surface area contributed by atoms with E-state index in [1.165, 1.54) is 18.4 Å². The highest BCUT2D eigenvalue weighted by Gasteiger charge is 2.40. The van der Waals surface area contributed by atoms with Gasteiger partial charge >= 0.3 is 0 Å². The van der Waals surface area contributed by atoms with Crippen LogP contribution in [0, 0.1) is 5.92 Å². The minimum atomic E-state index is -0.349. The topological polar surface area (TPSA) is 72.8 Å². The smallest absolute Gasteiger partial charge is 0.220 e. The number of nitrogens with zero attached hydrogens (tertiary/aromatic N) is 1. The van der Waals surface area contributed by atoms with Crippen LogP contribution < -0.4 is 5.32 Å². The van der Waals surface area contributed by atoms with Crippen molar-refractivity contribution in [1.29, 1.82) is 0 Å². The third kappa shape index (κ3) is 5.19. The first-order valence-electron chi connectivity index (χ1n) is 11.5. The van der Waals surface area contributed by atoms with Crippen LogP contribution in [0.3, 0.4) is 0 Å². The molecule has 1 aliphatic heterocycles. The van der Waals surface area contributed by atoms with Gasteiger partial charge in [-0.1, -0.05) is 30.3 Å². The molecule has 2 saturated carbocycles. The Labute approximate surface area is 174 Å². The van der Waals surface area contributed by atoms with Gasteiger partial charge in [0.1, 0.15) is 0 Å². The van der Waals surface area contributed by atoms with E-state index in [4.69, 9.17) is 0 Å². The maximum absolute atomic E-state index is 12.4. The zero-order valence-corrected chi connectivity index (χ0v) is 17.4. The second kappa shape index (κ2) is 9.15. The number of likely N-dealkylation sites (tertiary alicyclic amines) is 1. The van der Waals surface area contributed by atoms with Crippen molar-refractivity contribution in [1.82, 2.24) is 10.2 Å². The summed E-state index contributed by atoms with van der Waals surface area (Å²) < 4.78 is 0. The molecule has 1 aromatic carbocycles. The summed E-state index contributed by atoms with van der Waals surface area (Å²) in [5, 5.41) is 24.0. The average Bonchev–Trinajstić information content (AvgIpc) is 3.56. The van der Waals surface area contributed by atoms with Crippen LogP contribution in [0.4, 0.5) is 0 Å². The van der Waals surface area contributed by atoms with Crippen molar-refractivity contribution in [3.63, 3.8) is 0 Å². The summed E-state index contributed by atoms with van der Waals surface area (Å²) in [6.07, 6.45) is 7.60. The normalized spacial score (nSPS) is 31.9. The Bertz CT molecular complexity index is 670. The van der Waals surface area contributed by atoms with Crippen molar-refractivity contribution in [2.24, 2.45) is 5.92 Å². The first-order valence-corrected chi connectivity index (χ1v) is 11.5. The molecule has 3 N–H and O–H groups in total. The van der Waals surface area contributed by atoms with Gasteiger partial charge in [0, 0.05) is 37.5 Å². The van der Waals surface area contributed by atoms with E-state index < -0.39 is 0 Å². The molecule has 3 fully saturated rings. The molecule has 0 radical (unpaired) electrons. The van der Waals surface area contributed by atoms with Crippen LogP contribution >= 0.6 is 0 Å². The molecule has 0 bridgehead atoms. The van der Waals surface area contributed by atoms with Crippen LogP contribution in [0.25, 0.3) is 0 Å². The van der Waals surface area contributed by atoms with Crippen LogP contribution in [0.15, 0.2) is 30.3 Å². The molecule has 3 aliphatic rings. The fourth-order valence-corrected chi connectivity index (χ4v) is 5.28. The standard InChI is InChI=1S/C24H36N2O3/c27-20-10-14-26(15-11-20)21-8-12-24(13-9-22(21)28,19-4-2-1-3-5-19)17-25-23(29)16-18-6-7-18/h1-5,18,20-22,27-28H,6-17H2,(H,25,29)/t21-,22-,24-/m0/s1. The highest BCUT2D eigenvalue weighted by Crippen LogP contribution is 2.40. The summed E-state index contributed by atoms with van der Waals surface area (Å²) in [7, 11) is 0. The van der Waals surface area contributed by atoms with E-state index in [1.54, 1.807) is 0 Å². The first-order chi connectivity index (χ1) is 14.1. The Kier molecular flexibility index (Phi) is 6.57. The quantitative estimate of drug-likeness (QED) is 0.642. The molecule has 0 unspecified atom stereocenters. The van der Waals surface area contributed by atoms with Crippen LogP contribution in [0.5, 0.6) is 0 Å². The molecule has 5 heteroatoms. The van der Waals surface area contributed by atoms with Gasteiger partial charge in [0.05, 0.1) is 12.2 Å². The second-order valence-electron chi connectivity index (χ2n) is 9.55. The van der Waals surface area contributed by atoms with E-state index in [1.807, 2.05) is 6.07 Å². The Morgan fingerprint density at radius 1 is 1.00 bits per heavy atom. The fourth-order valence-electron chi connectivity index (χ4n) is 5.28. The van der Waals surface area contributed by atoms with Crippen molar-refractivity contribution in [3.8, 4) is 0 Å². The zero-order valence-electron chi connectivity index (χ0n) is 17.4. The largest absolute Gasteiger partial charge is 0.393 e. The monoisotopic (exact) mass is 400 g/mol. The van der Waals surface area contributed by atoms with Gasteiger partial charge in [-0.2, -0.15) is 0 Å². The Morgan fingerprint density at radius 2 is 1.69 bits per heavy atom. The van der Waals surface area contributed by atoms with Gasteiger partial charge in [0.25, 0.3) is 0 Å². The number of aliphatic hydroxyl groups is 2. The molecule has 0 spiro atoms. The number of benzene rings is 1. The molecule has 3 atom stereocenters. The Hall–Kier alpha value is -1.43. The minimum absolute atomic E-state index is 0.120. The van der Waals surface area contributed by atoms with Gasteiger partial charge in [-0.25, -0.2) is 0 Å². The summed E-state index contributed by atoms with van der Waals surface area (Å²) in [5.74, 6) is 0.770. The number of rotatable bonds is 6. The summed E-state index contributed by atoms with van der Waals surface area (Å²) in [6.45, 7) is 2.37. The summed E-state index contributed by atoms with van der Waals surface area (Å²) in [4.78, 5) is 14.8. The predicted molar refractivity (Wildman–Crippen MR) is 114 cm³/mol. The van der Waals surface area contributed by atoms with Crippen LogP contribution in [-0.2, 0) is 10.2 Å². The number of hydrogen-bond donors (Lipinski definition) is 3. The van der Waals surface area contributed by atoms with Gasteiger partial charge in [-0.3, -0.25) is 9.69 Å². The molecule has 1 aromatic rings. The van der Waals surface area contributed by atoms with Crippen molar-refractivity contribution < 1.29 is 15.0 Å². The van der Waals surface area contributed by atoms with E-state index in [-0.39, 0.29) is 29.6 Å². The van der Waals surface area contributed by atoms with Gasteiger partial charge in [0.15, 0.2) is 0 Å². The van der Waals surface area contributed by atoms with Crippen LogP contribution in [-0.4, -0.2) is 58.9 Å². The van der Waals surface area contributed by atoms with Crippen LogP contribution in [0.1, 0.15) is 63.4 Å². The first kappa shape index (κ1) is 20.8. The molecule has 2 aliphatic carbocycles. The second-order valence-corrected chi connectivity index (χ2v) is 9.55. The van der Waals surface area contributed by atoms with Gasteiger partial charge in [-0.05, 0) is 62.8 Å². The van der Waals surface area contributed by atoms with E-state index >= 15 is 0 Å². The van der Waals surface area contributed by atoms with E-state index in [0.717, 1.165) is 51.6 Å². The predicted octanol–water partition coefficient (Wildman–Crippen LogP) is 2.60. The van der Waals surface area contributed by atoms with Crippen molar-refractivity contribution in [2.75, 3.05) is 19.6 Å². The van der Waals surface area contributed by atoms with Crippen LogP contribution in [0.2, 0.25) is 0 Å². The zero-order chi connectivity index (χ0) is 20.3. The lowest BCUT2D eigenvalue weighted by atomic mass is 9.74. The molecular formula is C24H36N2O3. The lowest BCUT2D eigenvalue weighted by Crippen LogP contribution is -2.48. The van der Waals surface area contributed by atoms with E-state index in [0.29, 0.717) is 18.9 Å². The van der Waals surface area contributed by atoms with Crippen molar-refractivity contribution in [2.45, 2.75) is 81.5 Å². The molecule has 160 valence electrons. The molecule has 1 amide bonds. The van der Waals surface area contributed by atoms with Crippen molar-refractivity contribution in [3.05, 3.63) is 35.9 Å². The lowest BCUT2D eigenvalue weighted by molar-refractivity contribution is -0.121. The van der Waals surface area contributed by atoms with E-state index in [2.05, 4.69) is 34.5 Å². The number of hydrogen-bond acceptors (Lipinski definition) is 4. The third-order valence-electron chi connectivity index (χ3n) is 7.43. The molecule has 29 heavy (non-hydrogen) atoms. The molecule has 1 saturated heterocycles. The maximum atomic E-state index is 12.4. The average molecular weight is 401 g/mol. The number of aliphatic hydroxyl groups excluding tert-OH is 2. The summed E-state index contributed by atoms with van der Waals surface area (Å²) >= 11 is 0. The minimum Gasteiger partial charge on any atom is -0.393 e. The number of amides is 1. The highest BCUT2D eigenvalue weighted by molar-refractivity contribution is 5.76. The number of carbonyl (C=O) groups excluding carboxylic acids is 1. The molecule has 5 nitrogen and oxygen atoms in total. The number of nitrogens with one attached hydrogen (secondary N) is 1. The maximum Gasteiger partial charge on any atom is 0.220 e. The SMILES string of the molecule is O=C(CC1CC1)NC[C@@]1(c2ccccc2)CC[C@H](O)[C@@H](N2CCC(O)CC2)CC1. The number of piperidine rings is 1. The third-order valence-corrected chi connectivity index (χ3v) is 7.43. The van der Waals surface area contributed by atoms with Gasteiger partial charge < -0.3 is 15.5 Å². The molecule has 1 heterocycles.